The van der Waals surface area contributed by atoms with Gasteiger partial charge in [-0.2, -0.15) is 0 Å². The van der Waals surface area contributed by atoms with Crippen molar-refractivity contribution >= 4 is 16.7 Å². The van der Waals surface area contributed by atoms with E-state index in [1.807, 2.05) is 61.5 Å². The molecule has 1 unspecified atom stereocenters. The number of fused-ring (bicyclic) bond motifs is 1. The summed E-state index contributed by atoms with van der Waals surface area (Å²) in [6.45, 7) is 2.03. The van der Waals surface area contributed by atoms with Gasteiger partial charge in [0.15, 0.2) is 5.82 Å². The second kappa shape index (κ2) is 8.51. The van der Waals surface area contributed by atoms with Gasteiger partial charge in [0.05, 0.1) is 17.3 Å². The fourth-order valence-electron chi connectivity index (χ4n) is 3.64. The van der Waals surface area contributed by atoms with Crippen LogP contribution in [0.15, 0.2) is 91.4 Å². The molecule has 5 aromatic rings. The van der Waals surface area contributed by atoms with Gasteiger partial charge in [0.25, 0.3) is 0 Å². The normalized spacial score (nSPS) is 11.9. The number of nitrogens with zero attached hydrogens (tertiary/aromatic N) is 4. The van der Waals surface area contributed by atoms with Crippen molar-refractivity contribution in [3.63, 3.8) is 0 Å². The first-order chi connectivity index (χ1) is 15.7. The topological polar surface area (TPSA) is 63.6 Å². The highest BCUT2D eigenvalue weighted by Gasteiger charge is 2.15. The van der Waals surface area contributed by atoms with Crippen LogP contribution in [0.1, 0.15) is 18.7 Å². The number of benzene rings is 2. The lowest BCUT2D eigenvalue weighted by atomic mass is 10.0. The Kier molecular flexibility index (Phi) is 5.25. The van der Waals surface area contributed by atoms with Gasteiger partial charge in [-0.1, -0.05) is 30.3 Å². The third-order valence-corrected chi connectivity index (χ3v) is 5.28. The smallest absolute Gasteiger partial charge is 0.163 e. The summed E-state index contributed by atoms with van der Waals surface area (Å²) >= 11 is 0. The number of hydrogen-bond acceptors (Lipinski definition) is 5. The number of rotatable bonds is 5. The van der Waals surface area contributed by atoms with Crippen molar-refractivity contribution in [2.45, 2.75) is 13.0 Å². The molecule has 0 spiro atoms. The fraction of sp³-hybridized carbons (Fsp3) is 0.0769. The summed E-state index contributed by atoms with van der Waals surface area (Å²) in [4.78, 5) is 18.2. The molecule has 0 fully saturated rings. The fourth-order valence-corrected chi connectivity index (χ4v) is 3.64. The molecule has 0 aliphatic heterocycles. The van der Waals surface area contributed by atoms with Crippen molar-refractivity contribution < 1.29 is 4.39 Å². The van der Waals surface area contributed by atoms with Crippen LogP contribution in [0, 0.1) is 5.82 Å². The van der Waals surface area contributed by atoms with E-state index in [0.29, 0.717) is 17.2 Å². The SMILES string of the molecule is CC(Nc1nc(-c2cccnc2)nc2ccc(-c3ccccc3F)cc12)c1ccccn1. The van der Waals surface area contributed by atoms with Crippen LogP contribution in [0.2, 0.25) is 0 Å². The first-order valence-electron chi connectivity index (χ1n) is 10.3. The average Bonchev–Trinajstić information content (AvgIpc) is 2.85. The minimum Gasteiger partial charge on any atom is -0.361 e. The van der Waals surface area contributed by atoms with E-state index in [4.69, 9.17) is 9.97 Å². The van der Waals surface area contributed by atoms with Crippen LogP contribution in [0.5, 0.6) is 0 Å². The van der Waals surface area contributed by atoms with Gasteiger partial charge in [-0.25, -0.2) is 14.4 Å². The number of anilines is 1. The summed E-state index contributed by atoms with van der Waals surface area (Å²) in [5.41, 5.74) is 3.78. The maximum absolute atomic E-state index is 14.4. The van der Waals surface area contributed by atoms with E-state index in [1.165, 1.54) is 6.07 Å². The molecule has 5 rings (SSSR count). The highest BCUT2D eigenvalue weighted by molar-refractivity contribution is 5.94. The van der Waals surface area contributed by atoms with Gasteiger partial charge in [0.2, 0.25) is 0 Å². The van der Waals surface area contributed by atoms with Gasteiger partial charge >= 0.3 is 0 Å². The standard InChI is InChI=1S/C26H20FN5/c1-17(23-10-4-5-14-29-23)30-26-21-15-18(20-8-2-3-9-22(20)27)11-12-24(21)31-25(32-26)19-7-6-13-28-16-19/h2-17H,1H3,(H,30,31,32). The zero-order chi connectivity index (χ0) is 21.9. The number of pyridine rings is 2. The molecule has 0 saturated carbocycles. The van der Waals surface area contributed by atoms with Gasteiger partial charge in [-0.15, -0.1) is 0 Å². The van der Waals surface area contributed by atoms with Crippen molar-refractivity contribution in [3.8, 4) is 22.5 Å². The average molecular weight is 421 g/mol. The molecule has 0 bridgehead atoms. The Morgan fingerprint density at radius 3 is 2.50 bits per heavy atom. The summed E-state index contributed by atoms with van der Waals surface area (Å²) < 4.78 is 14.4. The largest absolute Gasteiger partial charge is 0.361 e. The zero-order valence-corrected chi connectivity index (χ0v) is 17.4. The lowest BCUT2D eigenvalue weighted by Gasteiger charge is -2.17. The molecule has 1 atom stereocenters. The molecule has 0 aliphatic carbocycles. The summed E-state index contributed by atoms with van der Waals surface area (Å²) in [5, 5.41) is 4.28. The maximum atomic E-state index is 14.4. The molecule has 3 heterocycles. The predicted molar refractivity (Wildman–Crippen MR) is 124 cm³/mol. The summed E-state index contributed by atoms with van der Waals surface area (Å²) in [6, 6.07) is 21.9. The van der Waals surface area contributed by atoms with E-state index in [2.05, 4.69) is 15.3 Å². The van der Waals surface area contributed by atoms with Crippen LogP contribution >= 0.6 is 0 Å². The number of nitrogens with one attached hydrogen (secondary N) is 1. The van der Waals surface area contributed by atoms with Crippen LogP contribution in [-0.2, 0) is 0 Å². The van der Waals surface area contributed by atoms with Crippen molar-refractivity contribution in [1.82, 2.24) is 19.9 Å². The number of halogens is 1. The molecular weight excluding hydrogens is 401 g/mol. The van der Waals surface area contributed by atoms with Crippen LogP contribution < -0.4 is 5.32 Å². The van der Waals surface area contributed by atoms with E-state index in [1.54, 1.807) is 30.7 Å². The van der Waals surface area contributed by atoms with E-state index in [0.717, 1.165) is 27.7 Å². The van der Waals surface area contributed by atoms with Gasteiger partial charge in [0.1, 0.15) is 11.6 Å². The van der Waals surface area contributed by atoms with Crippen LogP contribution in [0.3, 0.4) is 0 Å². The third-order valence-electron chi connectivity index (χ3n) is 5.28. The second-order valence-electron chi connectivity index (χ2n) is 7.47. The van der Waals surface area contributed by atoms with E-state index in [9.17, 15) is 4.39 Å². The first-order valence-corrected chi connectivity index (χ1v) is 10.3. The molecule has 156 valence electrons. The molecule has 0 radical (unpaired) electrons. The molecule has 1 N–H and O–H groups in total. The molecular formula is C26H20FN5. The van der Waals surface area contributed by atoms with E-state index < -0.39 is 0 Å². The number of hydrogen-bond donors (Lipinski definition) is 1. The molecule has 5 nitrogen and oxygen atoms in total. The van der Waals surface area contributed by atoms with Crippen molar-refractivity contribution in [1.29, 1.82) is 0 Å². The summed E-state index contributed by atoms with van der Waals surface area (Å²) in [6.07, 6.45) is 5.22. The van der Waals surface area contributed by atoms with E-state index in [-0.39, 0.29) is 11.9 Å². The van der Waals surface area contributed by atoms with Crippen molar-refractivity contribution in [2.75, 3.05) is 5.32 Å². The Labute approximate surface area is 185 Å². The summed E-state index contributed by atoms with van der Waals surface area (Å²) in [5.74, 6) is 0.960. The van der Waals surface area contributed by atoms with Gasteiger partial charge in [0, 0.05) is 35.1 Å². The summed E-state index contributed by atoms with van der Waals surface area (Å²) in [7, 11) is 0. The second-order valence-corrected chi connectivity index (χ2v) is 7.47. The monoisotopic (exact) mass is 421 g/mol. The molecule has 3 aromatic heterocycles. The molecule has 2 aromatic carbocycles. The maximum Gasteiger partial charge on any atom is 0.163 e. The highest BCUT2D eigenvalue weighted by Crippen LogP contribution is 2.32. The Balaban J connectivity index is 1.66. The van der Waals surface area contributed by atoms with E-state index >= 15 is 0 Å². The lowest BCUT2D eigenvalue weighted by Crippen LogP contribution is -2.10. The molecule has 6 heteroatoms. The minimum absolute atomic E-state index is 0.0897. The Hall–Kier alpha value is -4.19. The molecule has 0 saturated heterocycles. The molecule has 32 heavy (non-hydrogen) atoms. The predicted octanol–water partition coefficient (Wildman–Crippen LogP) is 6.07. The number of aromatic nitrogens is 4. The lowest BCUT2D eigenvalue weighted by molar-refractivity contribution is 0.631. The van der Waals surface area contributed by atoms with Crippen LogP contribution in [-0.4, -0.2) is 19.9 Å². The molecule has 0 amide bonds. The minimum atomic E-state index is -0.267. The van der Waals surface area contributed by atoms with Crippen molar-refractivity contribution in [3.05, 3.63) is 103 Å². The molecule has 0 aliphatic rings. The van der Waals surface area contributed by atoms with Gasteiger partial charge in [-0.05, 0) is 55.0 Å². The Bertz CT molecular complexity index is 1370. The third kappa shape index (κ3) is 3.90. The Morgan fingerprint density at radius 2 is 1.72 bits per heavy atom. The van der Waals surface area contributed by atoms with Gasteiger partial charge < -0.3 is 5.32 Å². The van der Waals surface area contributed by atoms with Gasteiger partial charge in [-0.3, -0.25) is 9.97 Å². The quantitative estimate of drug-likeness (QED) is 0.373. The van der Waals surface area contributed by atoms with Crippen LogP contribution in [0.25, 0.3) is 33.4 Å². The van der Waals surface area contributed by atoms with Crippen LogP contribution in [0.4, 0.5) is 10.2 Å². The Morgan fingerprint density at radius 1 is 0.844 bits per heavy atom. The first kappa shape index (κ1) is 19.8. The zero-order valence-electron chi connectivity index (χ0n) is 17.4. The van der Waals surface area contributed by atoms with Crippen molar-refractivity contribution in [2.24, 2.45) is 0 Å². The highest BCUT2D eigenvalue weighted by atomic mass is 19.1.